The molecule has 1 fully saturated rings. The van der Waals surface area contributed by atoms with Crippen molar-refractivity contribution in [3.05, 3.63) is 47.8 Å². The monoisotopic (exact) mass is 564 g/mol. The van der Waals surface area contributed by atoms with Crippen molar-refractivity contribution >= 4 is 34.7 Å². The van der Waals surface area contributed by atoms with Gasteiger partial charge < -0.3 is 25.6 Å². The van der Waals surface area contributed by atoms with Gasteiger partial charge in [-0.2, -0.15) is 13.2 Å². The summed E-state index contributed by atoms with van der Waals surface area (Å²) in [5.41, 5.74) is -2.99. The number of alkyl halides is 4. The quantitative estimate of drug-likeness (QED) is 0.225. The van der Waals surface area contributed by atoms with Crippen molar-refractivity contribution in [2.24, 2.45) is 0 Å². The minimum Gasteiger partial charge on any atom is -0.495 e. The van der Waals surface area contributed by atoms with Gasteiger partial charge in [0.2, 0.25) is 0 Å². The van der Waals surface area contributed by atoms with Crippen molar-refractivity contribution < 1.29 is 27.1 Å². The molecule has 1 aromatic carbocycles. The molecule has 4 rings (SSSR count). The molecule has 1 aliphatic heterocycles. The number of pyridine rings is 1. The average Bonchev–Trinajstić information content (AvgIpc) is 3.24. The average molecular weight is 565 g/mol. The van der Waals surface area contributed by atoms with Crippen molar-refractivity contribution in [2.75, 3.05) is 51.5 Å². The molecular weight excluding hydrogens is 536 g/mol. The lowest BCUT2D eigenvalue weighted by molar-refractivity contribution is -0.0330. The number of nitrogens with zero attached hydrogens (tertiary/aromatic N) is 3. The topological polar surface area (TPSA) is 82.9 Å². The highest BCUT2D eigenvalue weighted by Crippen LogP contribution is 2.39. The molecule has 8 nitrogen and oxygen atoms in total. The summed E-state index contributed by atoms with van der Waals surface area (Å²) >= 11 is -0.304. The third kappa shape index (κ3) is 6.88. The summed E-state index contributed by atoms with van der Waals surface area (Å²) in [5.74, 6) is 5.69. The van der Waals surface area contributed by atoms with Crippen molar-refractivity contribution in [1.29, 1.82) is 0 Å². The molecular formula is C26H28F4N6O2S. The molecule has 13 heteroatoms. The van der Waals surface area contributed by atoms with Crippen LogP contribution in [0.5, 0.6) is 5.75 Å². The number of carbonyl (C=O) groups excluding carboxylic acids is 1. The van der Waals surface area contributed by atoms with Crippen molar-refractivity contribution in [2.45, 2.75) is 29.2 Å². The molecule has 0 unspecified atom stereocenters. The molecule has 1 amide bonds. The number of anilines is 2. The highest BCUT2D eigenvalue weighted by Gasteiger charge is 2.33. The SMILES string of the molecule is CNC(=O)c1ccc(NCC#Cc2nc3c(N[C@@H]4CN(C)CC[C@@H]4F)cccn3c2SC(F)(F)F)c(OC)c1. The maximum Gasteiger partial charge on any atom is 0.447 e. The second-order valence-electron chi connectivity index (χ2n) is 8.90. The van der Waals surface area contributed by atoms with Crippen LogP contribution in [0.3, 0.4) is 0 Å². The number of ether oxygens (including phenoxy) is 1. The van der Waals surface area contributed by atoms with Gasteiger partial charge in [-0.1, -0.05) is 5.92 Å². The van der Waals surface area contributed by atoms with Crippen LogP contribution >= 0.6 is 11.8 Å². The van der Waals surface area contributed by atoms with E-state index in [9.17, 15) is 22.4 Å². The summed E-state index contributed by atoms with van der Waals surface area (Å²) in [7, 11) is 4.87. The Morgan fingerprint density at radius 1 is 1.28 bits per heavy atom. The number of nitrogens with one attached hydrogen (secondary N) is 3. The number of thioether (sulfide) groups is 1. The van der Waals surface area contributed by atoms with Crippen LogP contribution in [0.4, 0.5) is 28.9 Å². The zero-order valence-corrected chi connectivity index (χ0v) is 22.3. The smallest absolute Gasteiger partial charge is 0.447 e. The molecule has 1 aliphatic rings. The van der Waals surface area contributed by atoms with Gasteiger partial charge in [0.15, 0.2) is 5.65 Å². The van der Waals surface area contributed by atoms with E-state index in [0.717, 1.165) is 0 Å². The van der Waals surface area contributed by atoms with Crippen LogP contribution in [0.2, 0.25) is 0 Å². The Hall–Kier alpha value is -3.63. The zero-order valence-electron chi connectivity index (χ0n) is 21.5. The Morgan fingerprint density at radius 2 is 2.08 bits per heavy atom. The normalized spacial score (nSPS) is 17.8. The molecule has 2 aromatic heterocycles. The Kier molecular flexibility index (Phi) is 8.76. The van der Waals surface area contributed by atoms with Gasteiger partial charge in [-0.15, -0.1) is 0 Å². The standard InChI is InChI=1S/C26H28F4N6O2S/c1-31-24(37)16-8-9-18(22(14-16)38-3)32-11-4-6-20-25(39-26(28,29)30)36-12-5-7-19(23(36)34-20)33-21-15-35(2)13-10-17(21)27/h5,7-9,12,14,17,21,32-33H,10-11,13,15H2,1-3H3,(H,31,37)/t17-,21+/m0/s1. The van der Waals surface area contributed by atoms with E-state index in [1.54, 1.807) is 30.3 Å². The van der Waals surface area contributed by atoms with E-state index < -0.39 is 17.7 Å². The highest BCUT2D eigenvalue weighted by molar-refractivity contribution is 8.00. The Labute approximate surface area is 227 Å². The second kappa shape index (κ2) is 12.0. The van der Waals surface area contributed by atoms with Crippen molar-refractivity contribution in [3.63, 3.8) is 0 Å². The van der Waals surface area contributed by atoms with Gasteiger partial charge in [0.25, 0.3) is 5.91 Å². The minimum absolute atomic E-state index is 0.0483. The van der Waals surface area contributed by atoms with E-state index in [2.05, 4.69) is 32.8 Å². The summed E-state index contributed by atoms with van der Waals surface area (Å²) in [4.78, 5) is 18.2. The van der Waals surface area contributed by atoms with E-state index in [1.807, 2.05) is 11.9 Å². The fourth-order valence-corrected chi connectivity index (χ4v) is 4.92. The Bertz CT molecular complexity index is 1400. The predicted octanol–water partition coefficient (Wildman–Crippen LogP) is 4.23. The second-order valence-corrected chi connectivity index (χ2v) is 9.95. The molecule has 39 heavy (non-hydrogen) atoms. The minimum atomic E-state index is -4.57. The molecule has 0 saturated carbocycles. The number of hydrogen-bond acceptors (Lipinski definition) is 7. The van der Waals surface area contributed by atoms with Gasteiger partial charge in [-0.25, -0.2) is 9.37 Å². The van der Waals surface area contributed by atoms with Gasteiger partial charge in [0.05, 0.1) is 31.1 Å². The van der Waals surface area contributed by atoms with Gasteiger partial charge in [0, 0.05) is 43.7 Å². The van der Waals surface area contributed by atoms with E-state index in [4.69, 9.17) is 4.74 Å². The van der Waals surface area contributed by atoms with Gasteiger partial charge in [-0.05, 0) is 49.7 Å². The lowest BCUT2D eigenvalue weighted by atomic mass is 10.0. The largest absolute Gasteiger partial charge is 0.495 e. The molecule has 3 aromatic rings. The lowest BCUT2D eigenvalue weighted by Gasteiger charge is -2.33. The third-order valence-electron chi connectivity index (χ3n) is 6.16. The molecule has 0 spiro atoms. The third-order valence-corrected chi connectivity index (χ3v) is 6.97. The summed E-state index contributed by atoms with van der Waals surface area (Å²) < 4.78 is 61.6. The molecule has 1 saturated heterocycles. The fraction of sp³-hybridized carbons (Fsp3) is 0.385. The summed E-state index contributed by atoms with van der Waals surface area (Å²) in [5, 5.41) is 8.52. The first-order chi connectivity index (χ1) is 18.6. The van der Waals surface area contributed by atoms with E-state index in [1.165, 1.54) is 24.8 Å². The van der Waals surface area contributed by atoms with Crippen LogP contribution < -0.4 is 20.7 Å². The Morgan fingerprint density at radius 3 is 2.79 bits per heavy atom. The van der Waals surface area contributed by atoms with Crippen LogP contribution in [-0.2, 0) is 0 Å². The first-order valence-electron chi connectivity index (χ1n) is 12.1. The number of fused-ring (bicyclic) bond motifs is 1. The first-order valence-corrected chi connectivity index (χ1v) is 12.9. The summed E-state index contributed by atoms with van der Waals surface area (Å²) in [6.45, 7) is 1.17. The molecule has 0 bridgehead atoms. The molecule has 2 atom stereocenters. The maximum absolute atomic E-state index is 14.6. The van der Waals surface area contributed by atoms with Crippen LogP contribution in [0.25, 0.3) is 5.65 Å². The van der Waals surface area contributed by atoms with E-state index in [-0.39, 0.29) is 40.6 Å². The van der Waals surface area contributed by atoms with Crippen LogP contribution in [0, 0.1) is 11.8 Å². The van der Waals surface area contributed by atoms with E-state index >= 15 is 0 Å². The number of likely N-dealkylation sites (tertiary alicyclic amines) is 1. The number of halogens is 4. The number of amides is 1. The summed E-state index contributed by atoms with van der Waals surface area (Å²) in [6, 6.07) is 7.56. The number of aromatic nitrogens is 2. The molecule has 3 heterocycles. The van der Waals surface area contributed by atoms with Crippen molar-refractivity contribution in [1.82, 2.24) is 19.6 Å². The van der Waals surface area contributed by atoms with Gasteiger partial charge >= 0.3 is 5.51 Å². The van der Waals surface area contributed by atoms with Crippen LogP contribution in [-0.4, -0.2) is 78.8 Å². The van der Waals surface area contributed by atoms with Crippen molar-refractivity contribution in [3.8, 4) is 17.6 Å². The number of hydrogen-bond donors (Lipinski definition) is 3. The summed E-state index contributed by atoms with van der Waals surface area (Å²) in [6.07, 6.45) is 0.751. The number of imidazole rings is 1. The molecule has 0 radical (unpaired) electrons. The number of methoxy groups -OCH3 is 1. The molecule has 208 valence electrons. The first kappa shape index (κ1) is 28.4. The van der Waals surface area contributed by atoms with Crippen LogP contribution in [0.15, 0.2) is 41.6 Å². The number of carbonyl (C=O) groups is 1. The maximum atomic E-state index is 14.6. The highest BCUT2D eigenvalue weighted by atomic mass is 32.2. The van der Waals surface area contributed by atoms with Crippen LogP contribution in [0.1, 0.15) is 22.5 Å². The van der Waals surface area contributed by atoms with Gasteiger partial charge in [-0.3, -0.25) is 9.20 Å². The lowest BCUT2D eigenvalue weighted by Crippen LogP contribution is -2.47. The number of rotatable bonds is 7. The fourth-order valence-electron chi connectivity index (χ4n) is 4.26. The Balaban J connectivity index is 1.60. The number of benzene rings is 1. The zero-order chi connectivity index (χ0) is 28.2. The number of likely N-dealkylation sites (N-methyl/N-ethyl adjacent to an activating group) is 1. The number of piperidine rings is 1. The predicted molar refractivity (Wildman–Crippen MR) is 143 cm³/mol. The van der Waals surface area contributed by atoms with Gasteiger partial charge in [0.1, 0.15) is 22.6 Å². The molecule has 0 aliphatic carbocycles. The van der Waals surface area contributed by atoms with E-state index in [0.29, 0.717) is 42.2 Å². The molecule has 3 N–H and O–H groups in total.